The highest BCUT2D eigenvalue weighted by Crippen LogP contribution is 2.06. The first-order valence-electron chi connectivity index (χ1n) is 5.83. The van der Waals surface area contributed by atoms with Gasteiger partial charge in [-0.05, 0) is 5.92 Å². The van der Waals surface area contributed by atoms with Gasteiger partial charge in [0.1, 0.15) is 0 Å². The molecule has 2 N–H and O–H groups in total. The molecule has 0 amide bonds. The molecular weight excluding hydrogens is 208 g/mol. The van der Waals surface area contributed by atoms with Crippen LogP contribution in [-0.4, -0.2) is 22.2 Å². The van der Waals surface area contributed by atoms with Crippen LogP contribution in [0.2, 0.25) is 0 Å². The minimum atomic E-state index is -1.08. The lowest BCUT2D eigenvalue weighted by Crippen LogP contribution is -2.00. The van der Waals surface area contributed by atoms with Gasteiger partial charge in [-0.25, -0.2) is 0 Å². The smallest absolute Gasteiger partial charge is 0.303 e. The summed E-state index contributed by atoms with van der Waals surface area (Å²) in [5.41, 5.74) is 0. The van der Waals surface area contributed by atoms with Crippen molar-refractivity contribution in [3.63, 3.8) is 0 Å². The molecule has 0 saturated heterocycles. The summed E-state index contributed by atoms with van der Waals surface area (Å²) in [6, 6.07) is 0. The van der Waals surface area contributed by atoms with E-state index >= 15 is 0 Å². The minimum Gasteiger partial charge on any atom is -0.481 e. The monoisotopic (exact) mass is 232 g/mol. The van der Waals surface area contributed by atoms with Gasteiger partial charge < -0.3 is 10.2 Å². The van der Waals surface area contributed by atoms with E-state index in [2.05, 4.69) is 20.8 Å². The Morgan fingerprint density at radius 2 is 1.44 bits per heavy atom. The SMILES string of the molecule is CCCCCC(C)C.O=C(O)CCC(=O)O. The van der Waals surface area contributed by atoms with Gasteiger partial charge >= 0.3 is 11.9 Å². The summed E-state index contributed by atoms with van der Waals surface area (Å²) < 4.78 is 0. The molecule has 0 aromatic carbocycles. The lowest BCUT2D eigenvalue weighted by Gasteiger charge is -2.00. The van der Waals surface area contributed by atoms with Crippen molar-refractivity contribution in [3.8, 4) is 0 Å². The van der Waals surface area contributed by atoms with Crippen LogP contribution in [0.1, 0.15) is 59.3 Å². The maximum absolute atomic E-state index is 9.64. The zero-order valence-electron chi connectivity index (χ0n) is 10.5. The summed E-state index contributed by atoms with van der Waals surface area (Å²) in [6.45, 7) is 6.83. The van der Waals surface area contributed by atoms with Crippen molar-refractivity contribution in [1.29, 1.82) is 0 Å². The van der Waals surface area contributed by atoms with E-state index < -0.39 is 11.9 Å². The third-order valence-electron chi connectivity index (χ3n) is 1.94. The summed E-state index contributed by atoms with van der Waals surface area (Å²) in [7, 11) is 0. The highest BCUT2D eigenvalue weighted by Gasteiger charge is 2.00. The van der Waals surface area contributed by atoms with Gasteiger partial charge in [-0.15, -0.1) is 0 Å². The fraction of sp³-hybridized carbons (Fsp3) is 0.833. The Hall–Kier alpha value is -1.06. The molecule has 0 aromatic rings. The van der Waals surface area contributed by atoms with Gasteiger partial charge in [0.05, 0.1) is 12.8 Å². The molecule has 16 heavy (non-hydrogen) atoms. The van der Waals surface area contributed by atoms with E-state index in [1.807, 2.05) is 0 Å². The quantitative estimate of drug-likeness (QED) is 0.661. The molecule has 0 atom stereocenters. The third kappa shape index (κ3) is 23.1. The van der Waals surface area contributed by atoms with E-state index in [9.17, 15) is 9.59 Å². The summed E-state index contributed by atoms with van der Waals surface area (Å²) >= 11 is 0. The number of unbranched alkanes of at least 4 members (excludes halogenated alkanes) is 2. The third-order valence-corrected chi connectivity index (χ3v) is 1.94. The molecule has 0 rings (SSSR count). The van der Waals surface area contributed by atoms with Gasteiger partial charge in [-0.3, -0.25) is 9.59 Å². The summed E-state index contributed by atoms with van der Waals surface area (Å²) in [6.07, 6.45) is 5.01. The fourth-order valence-electron chi connectivity index (χ4n) is 1.02. The molecule has 96 valence electrons. The number of carboxylic acids is 2. The van der Waals surface area contributed by atoms with Crippen molar-refractivity contribution < 1.29 is 19.8 Å². The summed E-state index contributed by atoms with van der Waals surface area (Å²) in [4.78, 5) is 19.3. The average molecular weight is 232 g/mol. The van der Waals surface area contributed by atoms with Crippen molar-refractivity contribution >= 4 is 11.9 Å². The van der Waals surface area contributed by atoms with Crippen LogP contribution in [0.4, 0.5) is 0 Å². The van der Waals surface area contributed by atoms with Crippen LogP contribution in [0.5, 0.6) is 0 Å². The van der Waals surface area contributed by atoms with Gasteiger partial charge in [0.2, 0.25) is 0 Å². The van der Waals surface area contributed by atoms with E-state index in [4.69, 9.17) is 10.2 Å². The van der Waals surface area contributed by atoms with Crippen LogP contribution in [0.15, 0.2) is 0 Å². The Bertz CT molecular complexity index is 173. The minimum absolute atomic E-state index is 0.296. The zero-order chi connectivity index (χ0) is 13.0. The topological polar surface area (TPSA) is 74.6 Å². The zero-order valence-corrected chi connectivity index (χ0v) is 10.5. The predicted octanol–water partition coefficient (Wildman–Crippen LogP) is 3.16. The van der Waals surface area contributed by atoms with Crippen LogP contribution in [0.25, 0.3) is 0 Å². The molecule has 0 aliphatic rings. The first-order valence-corrected chi connectivity index (χ1v) is 5.83. The van der Waals surface area contributed by atoms with Gasteiger partial charge in [-0.1, -0.05) is 46.5 Å². The van der Waals surface area contributed by atoms with Crippen LogP contribution < -0.4 is 0 Å². The molecular formula is C12H24O4. The Morgan fingerprint density at radius 3 is 1.69 bits per heavy atom. The summed E-state index contributed by atoms with van der Waals surface area (Å²) in [5, 5.41) is 15.8. The number of carboxylic acid groups (broad SMARTS) is 2. The lowest BCUT2D eigenvalue weighted by molar-refractivity contribution is -0.143. The molecule has 0 fully saturated rings. The van der Waals surface area contributed by atoms with E-state index in [0.29, 0.717) is 0 Å². The molecule has 0 spiro atoms. The van der Waals surface area contributed by atoms with E-state index in [1.165, 1.54) is 25.7 Å². The maximum Gasteiger partial charge on any atom is 0.303 e. The lowest BCUT2D eigenvalue weighted by atomic mass is 10.1. The predicted molar refractivity (Wildman–Crippen MR) is 63.5 cm³/mol. The standard InChI is InChI=1S/C8H18.C4H6O4/c1-4-5-6-7-8(2)3;5-3(6)1-2-4(7)8/h8H,4-7H2,1-3H3;1-2H2,(H,5,6)(H,7,8). The molecule has 0 unspecified atom stereocenters. The van der Waals surface area contributed by atoms with Crippen LogP contribution in [-0.2, 0) is 9.59 Å². The molecule has 0 aliphatic heterocycles. The Balaban J connectivity index is 0. The average Bonchev–Trinajstić information content (AvgIpc) is 2.16. The molecule has 4 nitrogen and oxygen atoms in total. The first-order chi connectivity index (χ1) is 7.40. The normalized spacial score (nSPS) is 9.50. The second kappa shape index (κ2) is 12.0. The van der Waals surface area contributed by atoms with Crippen molar-refractivity contribution in [2.24, 2.45) is 5.92 Å². The summed E-state index contributed by atoms with van der Waals surface area (Å²) in [5.74, 6) is -1.25. The molecule has 0 saturated carbocycles. The number of rotatable bonds is 7. The van der Waals surface area contributed by atoms with Gasteiger partial charge in [-0.2, -0.15) is 0 Å². The Labute approximate surface area is 97.7 Å². The molecule has 0 radical (unpaired) electrons. The molecule has 4 heteroatoms. The number of aliphatic carboxylic acids is 2. The van der Waals surface area contributed by atoms with Crippen molar-refractivity contribution in [1.82, 2.24) is 0 Å². The van der Waals surface area contributed by atoms with Crippen LogP contribution in [0.3, 0.4) is 0 Å². The van der Waals surface area contributed by atoms with E-state index in [1.54, 1.807) is 0 Å². The molecule has 0 aromatic heterocycles. The van der Waals surface area contributed by atoms with Gasteiger partial charge in [0, 0.05) is 0 Å². The maximum atomic E-state index is 9.64. The van der Waals surface area contributed by atoms with E-state index in [0.717, 1.165) is 5.92 Å². The first kappa shape index (κ1) is 17.3. The van der Waals surface area contributed by atoms with Crippen LogP contribution in [0, 0.1) is 5.92 Å². The van der Waals surface area contributed by atoms with Crippen molar-refractivity contribution in [2.45, 2.75) is 59.3 Å². The largest absolute Gasteiger partial charge is 0.481 e. The number of hydrogen-bond acceptors (Lipinski definition) is 2. The van der Waals surface area contributed by atoms with Crippen molar-refractivity contribution in [2.75, 3.05) is 0 Å². The molecule has 0 bridgehead atoms. The van der Waals surface area contributed by atoms with Gasteiger partial charge in [0.15, 0.2) is 0 Å². The Kier molecular flexibility index (Phi) is 13.0. The second-order valence-electron chi connectivity index (χ2n) is 4.18. The van der Waals surface area contributed by atoms with Crippen LogP contribution >= 0.6 is 0 Å². The van der Waals surface area contributed by atoms with E-state index in [-0.39, 0.29) is 12.8 Å². The number of carbonyl (C=O) groups is 2. The molecule has 0 heterocycles. The second-order valence-corrected chi connectivity index (χ2v) is 4.18. The van der Waals surface area contributed by atoms with Crippen molar-refractivity contribution in [3.05, 3.63) is 0 Å². The fourth-order valence-corrected chi connectivity index (χ4v) is 1.02. The highest BCUT2D eigenvalue weighted by atomic mass is 16.4. The highest BCUT2D eigenvalue weighted by molar-refractivity contribution is 5.75. The Morgan fingerprint density at radius 1 is 1.00 bits per heavy atom. The number of hydrogen-bond donors (Lipinski definition) is 2. The van der Waals surface area contributed by atoms with Gasteiger partial charge in [0.25, 0.3) is 0 Å². The molecule has 0 aliphatic carbocycles.